The molecule has 2 aliphatic carbocycles. The summed E-state index contributed by atoms with van der Waals surface area (Å²) in [5.41, 5.74) is 0. The first-order chi connectivity index (χ1) is 7.33. The van der Waals surface area contributed by atoms with Gasteiger partial charge in [-0.05, 0) is 31.1 Å². The highest BCUT2D eigenvalue weighted by Gasteiger charge is 2.43. The van der Waals surface area contributed by atoms with E-state index in [0.29, 0.717) is 5.92 Å². The molecule has 0 radical (unpaired) electrons. The van der Waals surface area contributed by atoms with Gasteiger partial charge in [-0.3, -0.25) is 9.79 Å². The van der Waals surface area contributed by atoms with Gasteiger partial charge in [-0.1, -0.05) is 18.2 Å². The van der Waals surface area contributed by atoms with Crippen LogP contribution in [0.4, 0.5) is 0 Å². The highest BCUT2D eigenvalue weighted by molar-refractivity contribution is 8.14. The molecule has 4 heteroatoms. The van der Waals surface area contributed by atoms with Gasteiger partial charge in [-0.25, -0.2) is 0 Å². The number of fused-ring (bicyclic) bond motifs is 2. The summed E-state index contributed by atoms with van der Waals surface area (Å²) in [5, 5.41) is 3.83. The van der Waals surface area contributed by atoms with E-state index < -0.39 is 0 Å². The number of rotatable bonds is 1. The first-order valence-corrected chi connectivity index (χ1v) is 6.79. The molecule has 3 aliphatic rings. The molecule has 3 atom stereocenters. The van der Waals surface area contributed by atoms with Crippen LogP contribution in [0.15, 0.2) is 4.99 Å². The van der Waals surface area contributed by atoms with Gasteiger partial charge in [0.25, 0.3) is 0 Å². The van der Waals surface area contributed by atoms with Crippen molar-refractivity contribution in [3.63, 3.8) is 0 Å². The van der Waals surface area contributed by atoms with Crippen LogP contribution in [0.2, 0.25) is 0 Å². The zero-order chi connectivity index (χ0) is 10.3. The fraction of sp³-hybridized carbons (Fsp3) is 0.818. The Morgan fingerprint density at radius 2 is 2.33 bits per heavy atom. The predicted molar refractivity (Wildman–Crippen MR) is 61.8 cm³/mol. The molecule has 3 nitrogen and oxygen atoms in total. The second-order valence-corrected chi connectivity index (χ2v) is 5.89. The molecule has 1 heterocycles. The Morgan fingerprint density at radius 1 is 1.40 bits per heavy atom. The molecule has 0 aromatic heterocycles. The average molecular weight is 224 g/mol. The van der Waals surface area contributed by atoms with Gasteiger partial charge in [0.2, 0.25) is 5.91 Å². The number of nitrogens with zero attached hydrogens (tertiary/aromatic N) is 1. The molecule has 82 valence electrons. The highest BCUT2D eigenvalue weighted by Crippen LogP contribution is 2.48. The van der Waals surface area contributed by atoms with Crippen LogP contribution in [-0.2, 0) is 4.79 Å². The van der Waals surface area contributed by atoms with Gasteiger partial charge >= 0.3 is 0 Å². The molecule has 3 rings (SSSR count). The maximum absolute atomic E-state index is 12.0. The van der Waals surface area contributed by atoms with Crippen molar-refractivity contribution in [3.05, 3.63) is 0 Å². The van der Waals surface area contributed by atoms with E-state index in [1.165, 1.54) is 19.3 Å². The molecule has 1 amide bonds. The lowest BCUT2D eigenvalue weighted by Crippen LogP contribution is -2.36. The van der Waals surface area contributed by atoms with Crippen molar-refractivity contribution in [3.8, 4) is 0 Å². The standard InChI is InChI=1S/C11H16N2OS/c14-10(13-11-12-3-4-15-11)9-6-7-1-2-8(9)5-7/h7-9H,1-6H2,(H,12,13,14)/t7-,8-,9+/m1/s1. The molecule has 0 spiro atoms. The van der Waals surface area contributed by atoms with Crippen molar-refractivity contribution in [1.82, 2.24) is 5.32 Å². The smallest absolute Gasteiger partial charge is 0.229 e. The topological polar surface area (TPSA) is 41.5 Å². The fourth-order valence-electron chi connectivity index (χ4n) is 3.17. The molecular weight excluding hydrogens is 208 g/mol. The van der Waals surface area contributed by atoms with E-state index in [2.05, 4.69) is 10.3 Å². The van der Waals surface area contributed by atoms with E-state index in [9.17, 15) is 4.79 Å². The Kier molecular flexibility index (Phi) is 2.47. The maximum atomic E-state index is 12.0. The van der Waals surface area contributed by atoms with Crippen molar-refractivity contribution < 1.29 is 4.79 Å². The minimum Gasteiger partial charge on any atom is -0.305 e. The summed E-state index contributed by atoms with van der Waals surface area (Å²) in [7, 11) is 0. The summed E-state index contributed by atoms with van der Waals surface area (Å²) >= 11 is 1.67. The molecule has 15 heavy (non-hydrogen) atoms. The van der Waals surface area contributed by atoms with Gasteiger partial charge in [-0.2, -0.15) is 0 Å². The summed E-state index contributed by atoms with van der Waals surface area (Å²) in [4.78, 5) is 16.2. The Labute approximate surface area is 94.1 Å². The summed E-state index contributed by atoms with van der Waals surface area (Å²) < 4.78 is 0. The average Bonchev–Trinajstić information content (AvgIpc) is 2.93. The van der Waals surface area contributed by atoms with Gasteiger partial charge in [0.1, 0.15) is 0 Å². The molecule has 0 saturated heterocycles. The number of carbonyl (C=O) groups excluding carboxylic acids is 1. The minimum absolute atomic E-state index is 0.232. The third-order valence-electron chi connectivity index (χ3n) is 3.89. The third-order valence-corrected chi connectivity index (χ3v) is 4.78. The van der Waals surface area contributed by atoms with Gasteiger partial charge < -0.3 is 5.32 Å². The largest absolute Gasteiger partial charge is 0.305 e. The van der Waals surface area contributed by atoms with Crippen LogP contribution in [0.25, 0.3) is 0 Å². The summed E-state index contributed by atoms with van der Waals surface area (Å²) in [5.74, 6) is 3.04. The van der Waals surface area contributed by atoms with Crippen molar-refractivity contribution in [1.29, 1.82) is 0 Å². The molecule has 1 aliphatic heterocycles. The van der Waals surface area contributed by atoms with Crippen LogP contribution in [0, 0.1) is 17.8 Å². The van der Waals surface area contributed by atoms with Crippen molar-refractivity contribution in [2.24, 2.45) is 22.7 Å². The van der Waals surface area contributed by atoms with Crippen LogP contribution < -0.4 is 5.32 Å². The summed E-state index contributed by atoms with van der Waals surface area (Å²) in [6.45, 7) is 0.858. The molecule has 2 saturated carbocycles. The number of nitrogens with one attached hydrogen (secondary N) is 1. The first-order valence-electron chi connectivity index (χ1n) is 5.81. The predicted octanol–water partition coefficient (Wildman–Crippen LogP) is 1.64. The van der Waals surface area contributed by atoms with Crippen LogP contribution >= 0.6 is 11.8 Å². The molecule has 0 aromatic carbocycles. The second kappa shape index (κ2) is 3.81. The Hall–Kier alpha value is -0.510. The maximum Gasteiger partial charge on any atom is 0.229 e. The quantitative estimate of drug-likeness (QED) is 0.735. The number of hydrogen-bond acceptors (Lipinski definition) is 3. The van der Waals surface area contributed by atoms with Gasteiger partial charge in [0.05, 0.1) is 6.54 Å². The highest BCUT2D eigenvalue weighted by atomic mass is 32.2. The van der Waals surface area contributed by atoms with Crippen LogP contribution in [0.1, 0.15) is 25.7 Å². The molecule has 0 unspecified atom stereocenters. The van der Waals surface area contributed by atoms with Gasteiger partial charge in [0, 0.05) is 11.7 Å². The second-order valence-electron chi connectivity index (χ2n) is 4.81. The van der Waals surface area contributed by atoms with Crippen LogP contribution in [0.3, 0.4) is 0 Å². The first kappa shape index (κ1) is 9.70. The Morgan fingerprint density at radius 3 is 2.93 bits per heavy atom. The van der Waals surface area contributed by atoms with Crippen molar-refractivity contribution >= 4 is 22.8 Å². The summed E-state index contributed by atoms with van der Waals surface area (Å²) in [6, 6.07) is 0. The van der Waals surface area contributed by atoms with Crippen LogP contribution in [-0.4, -0.2) is 23.4 Å². The number of hydrogen-bond donors (Lipinski definition) is 1. The lowest BCUT2D eigenvalue weighted by atomic mass is 9.88. The van der Waals surface area contributed by atoms with E-state index in [-0.39, 0.29) is 11.8 Å². The molecule has 2 fully saturated rings. The lowest BCUT2D eigenvalue weighted by Gasteiger charge is -2.20. The van der Waals surface area contributed by atoms with E-state index in [1.54, 1.807) is 11.8 Å². The number of thioether (sulfide) groups is 1. The zero-order valence-electron chi connectivity index (χ0n) is 8.74. The SMILES string of the molecule is O=C(NC1=NCCS1)[C@H]1C[C@@H]2CC[C@@H]1C2. The Balaban J connectivity index is 1.60. The van der Waals surface area contributed by atoms with Gasteiger partial charge in [0.15, 0.2) is 5.17 Å². The van der Waals surface area contributed by atoms with Crippen LogP contribution in [0.5, 0.6) is 0 Å². The minimum atomic E-state index is 0.232. The van der Waals surface area contributed by atoms with E-state index in [1.807, 2.05) is 0 Å². The van der Waals surface area contributed by atoms with Crippen molar-refractivity contribution in [2.75, 3.05) is 12.3 Å². The third kappa shape index (κ3) is 1.80. The number of carbonyl (C=O) groups is 1. The normalized spacial score (nSPS) is 38.1. The number of aliphatic imine (C=N–C) groups is 1. The number of amides is 1. The zero-order valence-corrected chi connectivity index (χ0v) is 9.55. The number of amidine groups is 1. The van der Waals surface area contributed by atoms with Crippen molar-refractivity contribution in [2.45, 2.75) is 25.7 Å². The fourth-order valence-corrected chi connectivity index (χ4v) is 3.91. The van der Waals surface area contributed by atoms with E-state index >= 15 is 0 Å². The monoisotopic (exact) mass is 224 g/mol. The van der Waals surface area contributed by atoms with E-state index in [0.717, 1.165) is 29.8 Å². The Bertz CT molecular complexity index is 316. The molecule has 1 N–H and O–H groups in total. The summed E-state index contributed by atoms with van der Waals surface area (Å²) in [6.07, 6.45) is 5.03. The van der Waals surface area contributed by atoms with E-state index in [4.69, 9.17) is 0 Å². The van der Waals surface area contributed by atoms with Gasteiger partial charge in [-0.15, -0.1) is 0 Å². The molecule has 0 aromatic rings. The molecule has 2 bridgehead atoms. The lowest BCUT2D eigenvalue weighted by molar-refractivity contribution is -0.124. The molecular formula is C11H16N2OS.